The molecule has 0 aliphatic carbocycles. The molecule has 0 amide bonds. The highest BCUT2D eigenvalue weighted by molar-refractivity contribution is 5.69. The van der Waals surface area contributed by atoms with Crippen molar-refractivity contribution in [2.75, 3.05) is 89.0 Å². The number of alkyl halides is 2. The SMILES string of the molecule is FCCC1CCN(c2ccn3cc(-c4ccc5c(c4)OCCO5)nc3c2)CC1.FCCN1CCN(c2ccn3cc(-c4ccc5c(c4)OCO5)nc3c2)CC1. The molecule has 0 bridgehead atoms. The zero-order valence-corrected chi connectivity index (χ0v) is 30.8. The van der Waals surface area contributed by atoms with Gasteiger partial charge in [-0.3, -0.25) is 9.29 Å². The number of rotatable bonds is 8. The van der Waals surface area contributed by atoms with Crippen LogP contribution >= 0.6 is 0 Å². The molecule has 4 aliphatic heterocycles. The van der Waals surface area contributed by atoms with Crippen molar-refractivity contribution in [3.8, 4) is 45.5 Å². The van der Waals surface area contributed by atoms with E-state index in [4.69, 9.17) is 28.9 Å². The number of benzene rings is 2. The zero-order chi connectivity index (χ0) is 37.1. The van der Waals surface area contributed by atoms with Crippen molar-refractivity contribution in [2.24, 2.45) is 5.92 Å². The molecule has 0 unspecified atom stereocenters. The van der Waals surface area contributed by atoms with Crippen LogP contribution in [0, 0.1) is 5.92 Å². The fraction of sp³-hybridized carbons (Fsp3) is 0.381. The summed E-state index contributed by atoms with van der Waals surface area (Å²) >= 11 is 0. The van der Waals surface area contributed by atoms with E-state index in [1.807, 2.05) is 63.8 Å². The second-order valence-electron chi connectivity index (χ2n) is 14.4. The van der Waals surface area contributed by atoms with Crippen LogP contribution in [0.4, 0.5) is 20.2 Å². The van der Waals surface area contributed by atoms with Crippen LogP contribution in [-0.2, 0) is 0 Å². The van der Waals surface area contributed by atoms with Crippen LogP contribution in [0.3, 0.4) is 0 Å². The van der Waals surface area contributed by atoms with Crippen LogP contribution in [0.1, 0.15) is 19.3 Å². The van der Waals surface area contributed by atoms with Crippen molar-refractivity contribution < 1.29 is 27.7 Å². The minimum Gasteiger partial charge on any atom is -0.486 e. The van der Waals surface area contributed by atoms with E-state index >= 15 is 0 Å². The molecule has 0 spiro atoms. The summed E-state index contributed by atoms with van der Waals surface area (Å²) in [6.45, 7) is 7.07. The average Bonchev–Trinajstić information content (AvgIpc) is 4.00. The summed E-state index contributed by atoms with van der Waals surface area (Å²) < 4.78 is 51.3. The Bertz CT molecular complexity index is 2260. The normalized spacial score (nSPS) is 17.1. The van der Waals surface area contributed by atoms with Gasteiger partial charge in [0.2, 0.25) is 6.79 Å². The van der Waals surface area contributed by atoms with E-state index in [1.165, 1.54) is 5.69 Å². The van der Waals surface area contributed by atoms with Crippen molar-refractivity contribution in [3.63, 3.8) is 0 Å². The van der Waals surface area contributed by atoms with E-state index in [-0.39, 0.29) is 20.1 Å². The van der Waals surface area contributed by atoms with Gasteiger partial charge in [-0.1, -0.05) is 0 Å². The predicted molar refractivity (Wildman–Crippen MR) is 209 cm³/mol. The number of hydrogen-bond acceptors (Lipinski definition) is 9. The molecule has 13 heteroatoms. The number of pyridine rings is 2. The van der Waals surface area contributed by atoms with Crippen molar-refractivity contribution in [3.05, 3.63) is 85.5 Å². The Morgan fingerprint density at radius 3 is 1.73 bits per heavy atom. The molecule has 6 aromatic rings. The summed E-state index contributed by atoms with van der Waals surface area (Å²) in [6, 6.07) is 20.3. The molecule has 4 aromatic heterocycles. The molecule has 10 rings (SSSR count). The lowest BCUT2D eigenvalue weighted by molar-refractivity contribution is 0.171. The van der Waals surface area contributed by atoms with Crippen LogP contribution in [0.15, 0.2) is 85.5 Å². The van der Waals surface area contributed by atoms with Gasteiger partial charge in [0.25, 0.3) is 0 Å². The molecule has 11 nitrogen and oxygen atoms in total. The van der Waals surface area contributed by atoms with Crippen LogP contribution in [0.5, 0.6) is 23.0 Å². The quantitative estimate of drug-likeness (QED) is 0.161. The number of piperidine rings is 1. The molecule has 55 heavy (non-hydrogen) atoms. The van der Waals surface area contributed by atoms with Gasteiger partial charge in [-0.05, 0) is 73.7 Å². The van der Waals surface area contributed by atoms with Crippen LogP contribution in [0.25, 0.3) is 33.8 Å². The number of anilines is 2. The lowest BCUT2D eigenvalue weighted by atomic mass is 9.94. The second-order valence-corrected chi connectivity index (χ2v) is 14.4. The Labute approximate surface area is 318 Å². The third-order valence-electron chi connectivity index (χ3n) is 11.0. The number of aromatic nitrogens is 4. The summed E-state index contributed by atoms with van der Waals surface area (Å²) in [5, 5.41) is 0. The van der Waals surface area contributed by atoms with Gasteiger partial charge in [-0.25, -0.2) is 14.4 Å². The lowest BCUT2D eigenvalue weighted by Gasteiger charge is -2.35. The van der Waals surface area contributed by atoms with Gasteiger partial charge in [0.05, 0.1) is 18.1 Å². The molecule has 4 aliphatic rings. The van der Waals surface area contributed by atoms with Crippen LogP contribution < -0.4 is 28.7 Å². The highest BCUT2D eigenvalue weighted by Gasteiger charge is 2.21. The summed E-state index contributed by atoms with van der Waals surface area (Å²) in [7, 11) is 0. The van der Waals surface area contributed by atoms with E-state index in [0.29, 0.717) is 32.1 Å². The van der Waals surface area contributed by atoms with Gasteiger partial charge >= 0.3 is 0 Å². The Balaban J connectivity index is 0.000000144. The first-order chi connectivity index (χ1) is 27.1. The fourth-order valence-electron chi connectivity index (χ4n) is 7.86. The van der Waals surface area contributed by atoms with Gasteiger partial charge < -0.3 is 37.5 Å². The lowest BCUT2D eigenvalue weighted by Crippen LogP contribution is -2.47. The molecule has 0 N–H and O–H groups in total. The van der Waals surface area contributed by atoms with Gasteiger partial charge in [0.15, 0.2) is 23.0 Å². The summed E-state index contributed by atoms with van der Waals surface area (Å²) in [5.41, 5.74) is 8.01. The van der Waals surface area contributed by atoms with Crippen molar-refractivity contribution in [1.29, 1.82) is 0 Å². The number of halogens is 2. The van der Waals surface area contributed by atoms with Crippen LogP contribution in [0.2, 0.25) is 0 Å². The summed E-state index contributed by atoms with van der Waals surface area (Å²) in [4.78, 5) is 16.5. The van der Waals surface area contributed by atoms with Crippen molar-refractivity contribution >= 4 is 22.7 Å². The van der Waals surface area contributed by atoms with E-state index in [9.17, 15) is 8.78 Å². The Morgan fingerprint density at radius 2 is 1.13 bits per heavy atom. The fourth-order valence-corrected chi connectivity index (χ4v) is 7.86. The van der Waals surface area contributed by atoms with E-state index in [0.717, 1.165) is 115 Å². The first-order valence-electron chi connectivity index (χ1n) is 19.2. The highest BCUT2D eigenvalue weighted by Crippen LogP contribution is 2.37. The zero-order valence-electron chi connectivity index (χ0n) is 30.8. The molecular formula is C42H45F2N7O4. The molecule has 2 saturated heterocycles. The van der Waals surface area contributed by atoms with Gasteiger partial charge in [-0.15, -0.1) is 0 Å². The predicted octanol–water partition coefficient (Wildman–Crippen LogP) is 7.17. The minimum atomic E-state index is -0.275. The van der Waals surface area contributed by atoms with E-state index in [1.54, 1.807) is 0 Å². The van der Waals surface area contributed by atoms with E-state index < -0.39 is 0 Å². The average molecular weight is 750 g/mol. The maximum atomic E-state index is 12.6. The summed E-state index contributed by atoms with van der Waals surface area (Å²) in [6.07, 6.45) is 11.0. The number of imidazole rings is 2. The van der Waals surface area contributed by atoms with Gasteiger partial charge in [-0.2, -0.15) is 0 Å². The molecule has 286 valence electrons. The molecule has 2 fully saturated rings. The molecule has 0 atom stereocenters. The maximum Gasteiger partial charge on any atom is 0.231 e. The van der Waals surface area contributed by atoms with Gasteiger partial charge in [0.1, 0.15) is 31.2 Å². The van der Waals surface area contributed by atoms with Crippen LogP contribution in [-0.4, -0.2) is 103 Å². The second kappa shape index (κ2) is 15.7. The first-order valence-corrected chi connectivity index (χ1v) is 19.2. The first kappa shape index (κ1) is 35.2. The monoisotopic (exact) mass is 749 g/mol. The molecular weight excluding hydrogens is 705 g/mol. The van der Waals surface area contributed by atoms with Crippen molar-refractivity contribution in [1.82, 2.24) is 23.7 Å². The number of piperazine rings is 1. The number of nitrogens with zero attached hydrogens (tertiary/aromatic N) is 7. The molecule has 2 aromatic carbocycles. The number of ether oxygens (including phenoxy) is 4. The molecule has 0 saturated carbocycles. The summed E-state index contributed by atoms with van der Waals surface area (Å²) in [5.74, 6) is 3.63. The topological polar surface area (TPSA) is 81.2 Å². The maximum absolute atomic E-state index is 12.6. The highest BCUT2D eigenvalue weighted by atomic mass is 19.1. The Hall–Kier alpha value is -5.56. The third kappa shape index (κ3) is 7.57. The smallest absolute Gasteiger partial charge is 0.231 e. The van der Waals surface area contributed by atoms with Gasteiger partial charge in [0, 0.05) is 105 Å². The molecule has 0 radical (unpaired) electrons. The third-order valence-corrected chi connectivity index (χ3v) is 11.0. The molecule has 8 heterocycles. The number of fused-ring (bicyclic) bond motifs is 4. The minimum absolute atomic E-state index is 0.201. The Kier molecular flexibility index (Phi) is 10.0. The largest absolute Gasteiger partial charge is 0.486 e. The Morgan fingerprint density at radius 1 is 0.582 bits per heavy atom. The van der Waals surface area contributed by atoms with E-state index in [2.05, 4.69) is 45.2 Å². The standard InChI is InChI=1S/C22H24FN3O2.C20H21FN4O2/c23-7-3-16-4-8-25(9-5-16)18-6-10-26-15-19(24-22(26)14-18)17-1-2-20-21(13-17)28-12-11-27-20;21-4-6-23-7-9-24(10-8-23)16-3-5-25-13-17(22-20(25)12-16)15-1-2-18-19(11-15)27-14-26-18/h1-2,6,10,13-16H,3-5,7-9,11-12H2;1-3,5,11-13H,4,6-10,14H2. The van der Waals surface area contributed by atoms with Crippen molar-refractivity contribution in [2.45, 2.75) is 19.3 Å². The number of hydrogen-bond donors (Lipinski definition) is 0.